The van der Waals surface area contributed by atoms with E-state index in [0.29, 0.717) is 34.1 Å². The van der Waals surface area contributed by atoms with Crippen LogP contribution in [-0.4, -0.2) is 32.2 Å². The molecule has 1 aromatic heterocycles. The van der Waals surface area contributed by atoms with Gasteiger partial charge in [0.2, 0.25) is 5.75 Å². The number of carbonyl (C=O) groups excluding carboxylic acids is 1. The van der Waals surface area contributed by atoms with Crippen molar-refractivity contribution in [3.8, 4) is 28.4 Å². The zero-order valence-corrected chi connectivity index (χ0v) is 15.7. The van der Waals surface area contributed by atoms with Crippen LogP contribution >= 0.6 is 0 Å². The molecule has 1 amide bonds. The lowest BCUT2D eigenvalue weighted by Crippen LogP contribution is -2.12. The van der Waals surface area contributed by atoms with Crippen molar-refractivity contribution in [1.82, 2.24) is 4.98 Å². The number of pyridine rings is 1. The van der Waals surface area contributed by atoms with Gasteiger partial charge in [0.15, 0.2) is 11.5 Å². The minimum absolute atomic E-state index is 0. The summed E-state index contributed by atoms with van der Waals surface area (Å²) in [7, 11) is 4.50. The summed E-state index contributed by atoms with van der Waals surface area (Å²) in [5.41, 5.74) is 2.30. The fourth-order valence-corrected chi connectivity index (χ4v) is 2.72. The first-order valence-electron chi connectivity index (χ1n) is 8.38. The van der Waals surface area contributed by atoms with E-state index in [1.54, 1.807) is 36.5 Å². The quantitative estimate of drug-likeness (QED) is 0.646. The molecule has 0 aliphatic heterocycles. The van der Waals surface area contributed by atoms with Gasteiger partial charge < -0.3 is 19.5 Å². The number of hydrogen-bond donors (Lipinski definition) is 1. The Kier molecular flexibility index (Phi) is 7.14. The largest absolute Gasteiger partial charge is 0.493 e. The van der Waals surface area contributed by atoms with Crippen molar-refractivity contribution >= 4 is 11.6 Å². The van der Waals surface area contributed by atoms with Gasteiger partial charge in [-0.15, -0.1) is 0 Å². The van der Waals surface area contributed by atoms with Gasteiger partial charge in [0.25, 0.3) is 5.91 Å². The van der Waals surface area contributed by atoms with Crippen LogP contribution in [0.15, 0.2) is 54.9 Å². The van der Waals surface area contributed by atoms with Crippen molar-refractivity contribution in [2.45, 2.75) is 7.43 Å². The summed E-state index contributed by atoms with van der Waals surface area (Å²) in [6.07, 6.45) is 3.07. The number of hydrogen-bond acceptors (Lipinski definition) is 5. The minimum atomic E-state index is -0.356. The lowest BCUT2D eigenvalue weighted by Gasteiger charge is -2.14. The summed E-state index contributed by atoms with van der Waals surface area (Å²) in [5.74, 6) is 0.604. The third kappa shape index (κ3) is 4.82. The summed E-state index contributed by atoms with van der Waals surface area (Å²) in [4.78, 5) is 16.8. The predicted octanol–water partition coefficient (Wildman–Crippen LogP) is 4.80. The van der Waals surface area contributed by atoms with Crippen molar-refractivity contribution in [2.24, 2.45) is 0 Å². The predicted molar refractivity (Wildman–Crippen MR) is 110 cm³/mol. The number of rotatable bonds is 6. The molecule has 0 bridgehead atoms. The second-order valence-corrected chi connectivity index (χ2v) is 5.84. The summed E-state index contributed by atoms with van der Waals surface area (Å²) >= 11 is 0. The second-order valence-electron chi connectivity index (χ2n) is 5.84. The van der Waals surface area contributed by atoms with Gasteiger partial charge in [0.05, 0.1) is 26.9 Å². The van der Waals surface area contributed by atoms with Crippen LogP contribution in [0.3, 0.4) is 0 Å². The Bertz CT molecular complexity index is 965. The van der Waals surface area contributed by atoms with Crippen molar-refractivity contribution < 1.29 is 23.4 Å². The Morgan fingerprint density at radius 3 is 2.07 bits per heavy atom. The van der Waals surface area contributed by atoms with E-state index in [-0.39, 0.29) is 19.2 Å². The Balaban J connectivity index is 0.00000300. The number of amides is 1. The molecular weight excluding hydrogens is 375 g/mol. The first kappa shape index (κ1) is 21.7. The van der Waals surface area contributed by atoms with E-state index < -0.39 is 0 Å². The molecule has 1 N–H and O–H groups in total. The molecule has 0 unspecified atom stereocenters. The second kappa shape index (κ2) is 9.54. The number of nitrogens with one attached hydrogen (secondary N) is 1. The number of benzene rings is 2. The fourth-order valence-electron chi connectivity index (χ4n) is 2.72. The van der Waals surface area contributed by atoms with E-state index in [4.69, 9.17) is 14.2 Å². The van der Waals surface area contributed by atoms with Crippen LogP contribution in [0.1, 0.15) is 17.8 Å². The average Bonchev–Trinajstić information content (AvgIpc) is 2.73. The van der Waals surface area contributed by atoms with Gasteiger partial charge in [0, 0.05) is 35.8 Å². The number of nitrogens with zero attached hydrogens (tertiary/aromatic N) is 1. The Morgan fingerprint density at radius 1 is 0.897 bits per heavy atom. The first-order valence-corrected chi connectivity index (χ1v) is 8.38. The molecule has 29 heavy (non-hydrogen) atoms. The van der Waals surface area contributed by atoms with Crippen LogP contribution in [0.4, 0.5) is 10.1 Å². The molecule has 0 aliphatic rings. The molecule has 0 radical (unpaired) electrons. The van der Waals surface area contributed by atoms with E-state index in [1.807, 2.05) is 0 Å². The van der Waals surface area contributed by atoms with Crippen LogP contribution in [0.2, 0.25) is 0 Å². The molecule has 3 rings (SSSR count). The summed E-state index contributed by atoms with van der Waals surface area (Å²) in [6.45, 7) is 0. The molecule has 0 saturated heterocycles. The highest BCUT2D eigenvalue weighted by atomic mass is 19.1. The van der Waals surface area contributed by atoms with E-state index in [9.17, 15) is 9.18 Å². The molecule has 0 fully saturated rings. The summed E-state index contributed by atoms with van der Waals surface area (Å²) in [5, 5.41) is 2.79. The van der Waals surface area contributed by atoms with Gasteiger partial charge in [-0.1, -0.05) is 19.6 Å². The number of halogens is 1. The Labute approximate surface area is 169 Å². The molecule has 1 heterocycles. The number of methoxy groups -OCH3 is 3. The molecule has 0 aliphatic carbocycles. The molecule has 0 saturated carbocycles. The molecule has 0 atom stereocenters. The average molecular weight is 398 g/mol. The zero-order valence-electron chi connectivity index (χ0n) is 15.7. The van der Waals surface area contributed by atoms with Gasteiger partial charge in [-0.25, -0.2) is 4.39 Å². The van der Waals surface area contributed by atoms with Gasteiger partial charge in [0.1, 0.15) is 5.82 Å². The number of anilines is 1. The smallest absolute Gasteiger partial charge is 0.257 e. The number of carbonyl (C=O) groups is 1. The van der Waals surface area contributed by atoms with E-state index >= 15 is 0 Å². The molecule has 7 heteroatoms. The van der Waals surface area contributed by atoms with E-state index in [1.165, 1.54) is 39.7 Å². The van der Waals surface area contributed by atoms with Gasteiger partial charge in [-0.2, -0.15) is 0 Å². The van der Waals surface area contributed by atoms with Crippen LogP contribution < -0.4 is 19.5 Å². The van der Waals surface area contributed by atoms with Gasteiger partial charge in [-0.05, 0) is 23.8 Å². The van der Waals surface area contributed by atoms with Crippen molar-refractivity contribution in [3.63, 3.8) is 0 Å². The van der Waals surface area contributed by atoms with Gasteiger partial charge in [-0.3, -0.25) is 9.78 Å². The van der Waals surface area contributed by atoms with Crippen LogP contribution in [0, 0.1) is 5.82 Å². The van der Waals surface area contributed by atoms with Gasteiger partial charge >= 0.3 is 0 Å². The van der Waals surface area contributed by atoms with Crippen molar-refractivity contribution in [3.05, 3.63) is 66.2 Å². The normalized spacial score (nSPS) is 9.93. The van der Waals surface area contributed by atoms with Crippen LogP contribution in [0.5, 0.6) is 17.2 Å². The van der Waals surface area contributed by atoms with E-state index in [2.05, 4.69) is 10.3 Å². The van der Waals surface area contributed by atoms with Crippen molar-refractivity contribution in [2.75, 3.05) is 26.6 Å². The highest BCUT2D eigenvalue weighted by molar-refractivity contribution is 6.05. The zero-order chi connectivity index (χ0) is 20.1. The lowest BCUT2D eigenvalue weighted by atomic mass is 10.1. The molecule has 3 aromatic rings. The number of aromatic nitrogens is 1. The molecule has 0 spiro atoms. The summed E-state index contributed by atoms with van der Waals surface area (Å²) in [6, 6.07) is 10.9. The monoisotopic (exact) mass is 398 g/mol. The summed E-state index contributed by atoms with van der Waals surface area (Å²) < 4.78 is 29.0. The fraction of sp³-hybridized carbons (Fsp3) is 0.182. The molecule has 6 nitrogen and oxygen atoms in total. The standard InChI is InChI=1S/C21H19FN2O4.CH4/c1-26-18-9-17(10-19(27-2)20(18)28-3)24-21(25)15-8-14(11-23-12-15)13-4-6-16(22)7-5-13;/h4-12H,1-3H3,(H,24,25);1H4. The first-order chi connectivity index (χ1) is 13.5. The molecule has 2 aromatic carbocycles. The SMILES string of the molecule is C.COc1cc(NC(=O)c2cncc(-c3ccc(F)cc3)c2)cc(OC)c1OC. The Morgan fingerprint density at radius 2 is 1.52 bits per heavy atom. The maximum absolute atomic E-state index is 13.1. The third-order valence-electron chi connectivity index (χ3n) is 4.10. The molecule has 152 valence electrons. The lowest BCUT2D eigenvalue weighted by molar-refractivity contribution is 0.102. The van der Waals surface area contributed by atoms with E-state index in [0.717, 1.165) is 5.56 Å². The van der Waals surface area contributed by atoms with Crippen molar-refractivity contribution in [1.29, 1.82) is 0 Å². The highest BCUT2D eigenvalue weighted by Crippen LogP contribution is 2.40. The maximum Gasteiger partial charge on any atom is 0.257 e. The van der Waals surface area contributed by atoms with Crippen LogP contribution in [0.25, 0.3) is 11.1 Å². The maximum atomic E-state index is 13.1. The topological polar surface area (TPSA) is 69.7 Å². The third-order valence-corrected chi connectivity index (χ3v) is 4.10. The number of ether oxygens (including phenoxy) is 3. The highest BCUT2D eigenvalue weighted by Gasteiger charge is 2.15. The Hall–Kier alpha value is -3.61. The van der Waals surface area contributed by atoms with Crippen LogP contribution in [-0.2, 0) is 0 Å². The molecular formula is C22H23FN2O4. The minimum Gasteiger partial charge on any atom is -0.493 e.